The van der Waals surface area contributed by atoms with Crippen LogP contribution < -0.4 is 15.5 Å². The second kappa shape index (κ2) is 10.1. The molecule has 1 heterocycles. The molecule has 0 saturated heterocycles. The average Bonchev–Trinajstić information content (AvgIpc) is 2.90. The highest BCUT2D eigenvalue weighted by Crippen LogP contribution is 2.26. The van der Waals surface area contributed by atoms with Crippen LogP contribution in [0.25, 0.3) is 22.0 Å². The van der Waals surface area contributed by atoms with Gasteiger partial charge in [-0.15, -0.1) is 0 Å². The average molecular weight is 466 g/mol. The maximum atomic E-state index is 12.8. The van der Waals surface area contributed by atoms with Gasteiger partial charge in [0, 0.05) is 37.1 Å². The number of aromatic nitrogens is 2. The zero-order valence-corrected chi connectivity index (χ0v) is 20.2. The number of nitrogens with one attached hydrogen (secondary N) is 2. The van der Waals surface area contributed by atoms with Gasteiger partial charge >= 0.3 is 0 Å². The Labute approximate surface area is 206 Å². The molecule has 178 valence electrons. The fraction of sp³-hybridized carbons (Fsp3) is 0.276. The Morgan fingerprint density at radius 2 is 1.40 bits per heavy atom. The molecule has 4 aromatic rings. The highest BCUT2D eigenvalue weighted by atomic mass is 16.1. The Hall–Kier alpha value is -3.93. The first-order valence-corrected chi connectivity index (χ1v) is 12.2. The lowest BCUT2D eigenvalue weighted by Gasteiger charge is -2.30. The van der Waals surface area contributed by atoms with Gasteiger partial charge in [-0.1, -0.05) is 54.6 Å². The molecule has 0 atom stereocenters. The number of hydrogen-bond acceptors (Lipinski definition) is 5. The van der Waals surface area contributed by atoms with Crippen LogP contribution in [-0.2, 0) is 0 Å². The van der Waals surface area contributed by atoms with Crippen LogP contribution in [0.5, 0.6) is 0 Å². The zero-order valence-electron chi connectivity index (χ0n) is 20.2. The summed E-state index contributed by atoms with van der Waals surface area (Å²) >= 11 is 0. The standard InChI is InChI=1S/C29H31N5O/c1-34(2)27-25-10-6-7-11-26(25)32-29(33-27)31-24-18-16-23(17-19-24)30-28(35)22-14-12-21(13-15-22)20-8-4-3-5-9-20/h3-15,23-24H,16-19H2,1-2H3,(H,30,35)(H,31,32,33). The van der Waals surface area contributed by atoms with E-state index in [0.29, 0.717) is 17.6 Å². The molecule has 0 radical (unpaired) electrons. The second-order valence-electron chi connectivity index (χ2n) is 9.39. The van der Waals surface area contributed by atoms with Gasteiger partial charge in [-0.2, -0.15) is 4.98 Å². The number of benzene rings is 3. The molecule has 1 saturated carbocycles. The van der Waals surface area contributed by atoms with Gasteiger partial charge in [-0.05, 0) is 61.1 Å². The van der Waals surface area contributed by atoms with Crippen molar-refractivity contribution in [1.29, 1.82) is 0 Å². The Kier molecular flexibility index (Phi) is 6.62. The summed E-state index contributed by atoms with van der Waals surface area (Å²) in [6.45, 7) is 0. The number of hydrogen-bond donors (Lipinski definition) is 2. The number of anilines is 2. The van der Waals surface area contributed by atoms with Crippen molar-refractivity contribution in [3.05, 3.63) is 84.4 Å². The van der Waals surface area contributed by atoms with Crippen molar-refractivity contribution in [1.82, 2.24) is 15.3 Å². The summed E-state index contributed by atoms with van der Waals surface area (Å²) in [7, 11) is 4.00. The van der Waals surface area contributed by atoms with Gasteiger partial charge in [0.15, 0.2) is 0 Å². The summed E-state index contributed by atoms with van der Waals surface area (Å²) in [6, 6.07) is 26.6. The van der Waals surface area contributed by atoms with Gasteiger partial charge in [-0.3, -0.25) is 4.79 Å². The Morgan fingerprint density at radius 1 is 0.771 bits per heavy atom. The highest BCUT2D eigenvalue weighted by molar-refractivity contribution is 5.95. The summed E-state index contributed by atoms with van der Waals surface area (Å²) in [5.74, 6) is 1.57. The molecular formula is C29H31N5O. The lowest BCUT2D eigenvalue weighted by Crippen LogP contribution is -2.40. The Balaban J connectivity index is 1.17. The number of fused-ring (bicyclic) bond motifs is 1. The fourth-order valence-corrected chi connectivity index (χ4v) is 4.74. The smallest absolute Gasteiger partial charge is 0.251 e. The molecule has 0 unspecified atom stereocenters. The van der Waals surface area contributed by atoms with Crippen molar-refractivity contribution in [2.75, 3.05) is 24.3 Å². The minimum absolute atomic E-state index is 0.00509. The molecule has 0 spiro atoms. The van der Waals surface area contributed by atoms with Crippen LogP contribution in [0.1, 0.15) is 36.0 Å². The topological polar surface area (TPSA) is 70.2 Å². The zero-order chi connectivity index (χ0) is 24.2. The second-order valence-corrected chi connectivity index (χ2v) is 9.39. The molecular weight excluding hydrogens is 434 g/mol. The third-order valence-corrected chi connectivity index (χ3v) is 6.66. The molecule has 3 aromatic carbocycles. The van der Waals surface area contributed by atoms with Crippen LogP contribution >= 0.6 is 0 Å². The number of rotatable bonds is 6. The predicted octanol–water partition coefficient (Wildman–Crippen LogP) is 5.52. The molecule has 1 aromatic heterocycles. The van der Waals surface area contributed by atoms with Crippen LogP contribution in [-0.4, -0.2) is 42.1 Å². The van der Waals surface area contributed by atoms with E-state index in [-0.39, 0.29) is 11.9 Å². The van der Waals surface area contributed by atoms with E-state index in [9.17, 15) is 4.79 Å². The van der Waals surface area contributed by atoms with Gasteiger partial charge in [0.2, 0.25) is 5.95 Å². The van der Waals surface area contributed by atoms with E-state index in [4.69, 9.17) is 9.97 Å². The van der Waals surface area contributed by atoms with E-state index in [1.807, 2.05) is 79.7 Å². The summed E-state index contributed by atoms with van der Waals surface area (Å²) in [5.41, 5.74) is 3.90. The van der Waals surface area contributed by atoms with Crippen molar-refractivity contribution >= 4 is 28.6 Å². The quantitative estimate of drug-likeness (QED) is 0.393. The molecule has 5 rings (SSSR count). The molecule has 1 fully saturated rings. The van der Waals surface area contributed by atoms with Gasteiger partial charge in [0.1, 0.15) is 5.82 Å². The van der Waals surface area contributed by atoms with Crippen LogP contribution in [0.3, 0.4) is 0 Å². The van der Waals surface area contributed by atoms with E-state index in [1.165, 1.54) is 0 Å². The SMILES string of the molecule is CN(C)c1nc(NC2CCC(NC(=O)c3ccc(-c4ccccc4)cc3)CC2)nc2ccccc12. The summed E-state index contributed by atoms with van der Waals surface area (Å²) in [4.78, 5) is 24.3. The van der Waals surface area contributed by atoms with Gasteiger partial charge in [-0.25, -0.2) is 4.98 Å². The van der Waals surface area contributed by atoms with Gasteiger partial charge < -0.3 is 15.5 Å². The van der Waals surface area contributed by atoms with Crippen LogP contribution in [0.2, 0.25) is 0 Å². The number of nitrogens with zero attached hydrogens (tertiary/aromatic N) is 3. The molecule has 2 N–H and O–H groups in total. The lowest BCUT2D eigenvalue weighted by atomic mass is 9.91. The molecule has 0 aliphatic heterocycles. The summed E-state index contributed by atoms with van der Waals surface area (Å²) in [5, 5.41) is 7.80. The number of amides is 1. The number of carbonyl (C=O) groups excluding carboxylic acids is 1. The molecule has 6 heteroatoms. The molecule has 1 amide bonds. The molecule has 6 nitrogen and oxygen atoms in total. The Bertz CT molecular complexity index is 1300. The van der Waals surface area contributed by atoms with E-state index in [1.54, 1.807) is 0 Å². The van der Waals surface area contributed by atoms with Crippen molar-refractivity contribution in [3.8, 4) is 11.1 Å². The fourth-order valence-electron chi connectivity index (χ4n) is 4.74. The monoisotopic (exact) mass is 465 g/mol. The number of para-hydroxylation sites is 1. The third-order valence-electron chi connectivity index (χ3n) is 6.66. The largest absolute Gasteiger partial charge is 0.362 e. The van der Waals surface area contributed by atoms with Crippen molar-refractivity contribution in [2.45, 2.75) is 37.8 Å². The maximum absolute atomic E-state index is 12.8. The molecule has 1 aliphatic rings. The van der Waals surface area contributed by atoms with Gasteiger partial charge in [0.25, 0.3) is 5.91 Å². The first-order valence-electron chi connectivity index (χ1n) is 12.2. The summed E-state index contributed by atoms with van der Waals surface area (Å²) in [6.07, 6.45) is 3.79. The Morgan fingerprint density at radius 3 is 2.11 bits per heavy atom. The first-order chi connectivity index (χ1) is 17.1. The van der Waals surface area contributed by atoms with Crippen LogP contribution in [0.15, 0.2) is 78.9 Å². The summed E-state index contributed by atoms with van der Waals surface area (Å²) < 4.78 is 0. The first kappa shape index (κ1) is 22.8. The number of carbonyl (C=O) groups is 1. The van der Waals surface area contributed by atoms with E-state index in [2.05, 4.69) is 28.8 Å². The minimum Gasteiger partial charge on any atom is -0.362 e. The van der Waals surface area contributed by atoms with Gasteiger partial charge in [0.05, 0.1) is 5.52 Å². The van der Waals surface area contributed by atoms with Crippen LogP contribution in [0.4, 0.5) is 11.8 Å². The normalized spacial score (nSPS) is 17.7. The van der Waals surface area contributed by atoms with Crippen molar-refractivity contribution < 1.29 is 4.79 Å². The lowest BCUT2D eigenvalue weighted by molar-refractivity contribution is 0.0926. The molecule has 1 aliphatic carbocycles. The molecule has 0 bridgehead atoms. The van der Waals surface area contributed by atoms with Crippen LogP contribution in [0, 0.1) is 0 Å². The predicted molar refractivity (Wildman–Crippen MR) is 143 cm³/mol. The van der Waals surface area contributed by atoms with E-state index in [0.717, 1.165) is 53.5 Å². The van der Waals surface area contributed by atoms with Crippen molar-refractivity contribution in [2.24, 2.45) is 0 Å². The highest BCUT2D eigenvalue weighted by Gasteiger charge is 2.24. The van der Waals surface area contributed by atoms with E-state index >= 15 is 0 Å². The minimum atomic E-state index is -0.00509. The van der Waals surface area contributed by atoms with E-state index < -0.39 is 0 Å². The third kappa shape index (κ3) is 5.27. The molecule has 35 heavy (non-hydrogen) atoms. The van der Waals surface area contributed by atoms with Crippen molar-refractivity contribution in [3.63, 3.8) is 0 Å². The maximum Gasteiger partial charge on any atom is 0.251 e.